The van der Waals surface area contributed by atoms with E-state index in [0.717, 1.165) is 11.1 Å². The SMILES string of the molecule is COc1ccc(/C=C/C(=O)c2cccnc2)cc1COc1ccc(Cl)cc1Cl. The van der Waals surface area contributed by atoms with Gasteiger partial charge in [0.2, 0.25) is 0 Å². The molecule has 28 heavy (non-hydrogen) atoms. The molecule has 0 aliphatic carbocycles. The van der Waals surface area contributed by atoms with Gasteiger partial charge >= 0.3 is 0 Å². The third kappa shape index (κ3) is 5.12. The van der Waals surface area contributed by atoms with Crippen molar-refractivity contribution in [3.8, 4) is 11.5 Å². The zero-order valence-corrected chi connectivity index (χ0v) is 16.6. The first-order chi connectivity index (χ1) is 13.6. The Hall–Kier alpha value is -2.82. The number of ketones is 1. The first-order valence-corrected chi connectivity index (χ1v) is 9.19. The van der Waals surface area contributed by atoms with Crippen LogP contribution < -0.4 is 9.47 Å². The van der Waals surface area contributed by atoms with Gasteiger partial charge in [-0.3, -0.25) is 9.78 Å². The van der Waals surface area contributed by atoms with Gasteiger partial charge in [0.15, 0.2) is 5.78 Å². The summed E-state index contributed by atoms with van der Waals surface area (Å²) in [5.41, 5.74) is 2.21. The second kappa shape index (κ2) is 9.40. The quantitative estimate of drug-likeness (QED) is 0.358. The van der Waals surface area contributed by atoms with E-state index >= 15 is 0 Å². The van der Waals surface area contributed by atoms with Crippen LogP contribution in [0.1, 0.15) is 21.5 Å². The van der Waals surface area contributed by atoms with Crippen molar-refractivity contribution >= 4 is 35.1 Å². The summed E-state index contributed by atoms with van der Waals surface area (Å²) >= 11 is 12.1. The maximum atomic E-state index is 12.2. The fourth-order valence-corrected chi connectivity index (χ4v) is 3.00. The van der Waals surface area contributed by atoms with Gasteiger partial charge in [0.1, 0.15) is 18.1 Å². The van der Waals surface area contributed by atoms with Crippen molar-refractivity contribution in [1.82, 2.24) is 4.98 Å². The molecule has 0 amide bonds. The molecule has 0 saturated heterocycles. The predicted octanol–water partition coefficient (Wildman–Crippen LogP) is 5.87. The summed E-state index contributed by atoms with van der Waals surface area (Å²) in [6.45, 7) is 0.253. The van der Waals surface area contributed by atoms with Gasteiger partial charge in [0, 0.05) is 28.5 Å². The lowest BCUT2D eigenvalue weighted by atomic mass is 10.1. The number of carbonyl (C=O) groups excluding carboxylic acids is 1. The van der Waals surface area contributed by atoms with E-state index in [9.17, 15) is 4.79 Å². The van der Waals surface area contributed by atoms with E-state index in [0.29, 0.717) is 27.1 Å². The molecule has 0 atom stereocenters. The second-order valence-corrected chi connectivity index (χ2v) is 6.72. The number of hydrogen-bond donors (Lipinski definition) is 0. The van der Waals surface area contributed by atoms with Crippen molar-refractivity contribution in [2.45, 2.75) is 6.61 Å². The number of halogens is 2. The molecule has 3 aromatic rings. The first kappa shape index (κ1) is 19.9. The van der Waals surface area contributed by atoms with Gasteiger partial charge in [-0.05, 0) is 54.1 Å². The lowest BCUT2D eigenvalue weighted by molar-refractivity contribution is 0.104. The first-order valence-electron chi connectivity index (χ1n) is 8.44. The number of methoxy groups -OCH3 is 1. The maximum absolute atomic E-state index is 12.2. The van der Waals surface area contributed by atoms with Crippen LogP contribution in [0.25, 0.3) is 6.08 Å². The Morgan fingerprint density at radius 2 is 1.93 bits per heavy atom. The van der Waals surface area contributed by atoms with Gasteiger partial charge in [-0.2, -0.15) is 0 Å². The molecule has 0 fully saturated rings. The molecule has 0 aliphatic heterocycles. The fraction of sp³-hybridized carbons (Fsp3) is 0.0909. The predicted molar refractivity (Wildman–Crippen MR) is 111 cm³/mol. The van der Waals surface area contributed by atoms with Crippen LogP contribution in [0, 0.1) is 0 Å². The number of benzene rings is 2. The van der Waals surface area contributed by atoms with Gasteiger partial charge in [-0.15, -0.1) is 0 Å². The van der Waals surface area contributed by atoms with Crippen LogP contribution in [-0.4, -0.2) is 17.9 Å². The van der Waals surface area contributed by atoms with Crippen molar-refractivity contribution < 1.29 is 14.3 Å². The summed E-state index contributed by atoms with van der Waals surface area (Å²) < 4.78 is 11.2. The summed E-state index contributed by atoms with van der Waals surface area (Å²) in [5, 5.41) is 0.977. The molecule has 0 aliphatic rings. The zero-order valence-electron chi connectivity index (χ0n) is 15.1. The standard InChI is InChI=1S/C22H17Cl2NO3/c1-27-21-8-5-15(4-7-20(26)16-3-2-10-25-13-16)11-17(21)14-28-22-9-6-18(23)12-19(22)24/h2-13H,14H2,1H3/b7-4+. The van der Waals surface area contributed by atoms with Crippen LogP contribution in [0.15, 0.2) is 67.0 Å². The van der Waals surface area contributed by atoms with E-state index in [1.807, 2.05) is 18.2 Å². The molecule has 0 bridgehead atoms. The van der Waals surface area contributed by atoms with Crippen LogP contribution in [-0.2, 0) is 6.61 Å². The molecule has 0 radical (unpaired) electrons. The zero-order chi connectivity index (χ0) is 19.9. The lowest BCUT2D eigenvalue weighted by Crippen LogP contribution is -2.00. The molecule has 1 heterocycles. The third-order valence-electron chi connectivity index (χ3n) is 3.95. The van der Waals surface area contributed by atoms with Gasteiger partial charge in [0.25, 0.3) is 0 Å². The third-order valence-corrected chi connectivity index (χ3v) is 4.49. The molecule has 0 N–H and O–H groups in total. The lowest BCUT2D eigenvalue weighted by Gasteiger charge is -2.12. The smallest absolute Gasteiger partial charge is 0.187 e. The number of allylic oxidation sites excluding steroid dienone is 1. The summed E-state index contributed by atoms with van der Waals surface area (Å²) in [7, 11) is 1.59. The molecule has 2 aromatic carbocycles. The van der Waals surface area contributed by atoms with Crippen molar-refractivity contribution in [3.63, 3.8) is 0 Å². The van der Waals surface area contributed by atoms with Crippen LogP contribution in [0.2, 0.25) is 10.0 Å². The number of pyridine rings is 1. The average molecular weight is 414 g/mol. The Bertz CT molecular complexity index is 1000. The number of carbonyl (C=O) groups is 1. The molecule has 142 valence electrons. The molecule has 1 aromatic heterocycles. The molecular formula is C22H17Cl2NO3. The Labute approximate surface area is 173 Å². The van der Waals surface area contributed by atoms with Gasteiger partial charge in [0.05, 0.1) is 12.1 Å². The highest BCUT2D eigenvalue weighted by Gasteiger charge is 2.08. The van der Waals surface area contributed by atoms with E-state index in [4.69, 9.17) is 32.7 Å². The van der Waals surface area contributed by atoms with Gasteiger partial charge in [-0.25, -0.2) is 0 Å². The van der Waals surface area contributed by atoms with E-state index in [2.05, 4.69) is 4.98 Å². The molecule has 0 unspecified atom stereocenters. The van der Waals surface area contributed by atoms with Gasteiger partial charge in [-0.1, -0.05) is 35.3 Å². The van der Waals surface area contributed by atoms with Crippen LogP contribution in [0.4, 0.5) is 0 Å². The normalized spacial score (nSPS) is 10.8. The highest BCUT2D eigenvalue weighted by molar-refractivity contribution is 6.35. The van der Waals surface area contributed by atoms with E-state index in [1.54, 1.807) is 49.7 Å². The number of rotatable bonds is 7. The molecule has 6 heteroatoms. The van der Waals surface area contributed by atoms with Crippen molar-refractivity contribution in [2.75, 3.05) is 7.11 Å². The minimum Gasteiger partial charge on any atom is -0.496 e. The number of nitrogens with zero attached hydrogens (tertiary/aromatic N) is 1. The summed E-state index contributed by atoms with van der Waals surface area (Å²) in [6.07, 6.45) is 6.42. The summed E-state index contributed by atoms with van der Waals surface area (Å²) in [6, 6.07) is 14.1. The number of ether oxygens (including phenoxy) is 2. The molecular weight excluding hydrogens is 397 g/mol. The monoisotopic (exact) mass is 413 g/mol. The average Bonchev–Trinajstić information content (AvgIpc) is 2.72. The van der Waals surface area contributed by atoms with Gasteiger partial charge < -0.3 is 9.47 Å². The summed E-state index contributed by atoms with van der Waals surface area (Å²) in [4.78, 5) is 16.2. The topological polar surface area (TPSA) is 48.4 Å². The Morgan fingerprint density at radius 3 is 2.64 bits per heavy atom. The Kier molecular flexibility index (Phi) is 6.69. The largest absolute Gasteiger partial charge is 0.496 e. The molecule has 3 rings (SSSR count). The van der Waals surface area contributed by atoms with Crippen molar-refractivity contribution in [1.29, 1.82) is 0 Å². The maximum Gasteiger partial charge on any atom is 0.187 e. The van der Waals surface area contributed by atoms with E-state index in [1.165, 1.54) is 12.3 Å². The van der Waals surface area contributed by atoms with Crippen LogP contribution in [0.5, 0.6) is 11.5 Å². The van der Waals surface area contributed by atoms with E-state index in [-0.39, 0.29) is 12.4 Å². The number of aromatic nitrogens is 1. The molecule has 0 saturated carbocycles. The van der Waals surface area contributed by atoms with Crippen LogP contribution in [0.3, 0.4) is 0 Å². The molecule has 4 nitrogen and oxygen atoms in total. The van der Waals surface area contributed by atoms with E-state index < -0.39 is 0 Å². The Balaban J connectivity index is 1.76. The second-order valence-electron chi connectivity index (χ2n) is 5.87. The highest BCUT2D eigenvalue weighted by atomic mass is 35.5. The van der Waals surface area contributed by atoms with Crippen molar-refractivity contribution in [2.24, 2.45) is 0 Å². The Morgan fingerprint density at radius 1 is 1.11 bits per heavy atom. The minimum atomic E-state index is -0.116. The fourth-order valence-electron chi connectivity index (χ4n) is 2.54. The van der Waals surface area contributed by atoms with Crippen molar-refractivity contribution in [3.05, 3.63) is 93.7 Å². The summed E-state index contributed by atoms with van der Waals surface area (Å²) in [5.74, 6) is 1.09. The minimum absolute atomic E-state index is 0.116. The highest BCUT2D eigenvalue weighted by Crippen LogP contribution is 2.29. The van der Waals surface area contributed by atoms with Crippen LogP contribution >= 0.6 is 23.2 Å². The number of hydrogen-bond acceptors (Lipinski definition) is 4. The molecule has 0 spiro atoms.